The first-order chi connectivity index (χ1) is 12.7. The topological polar surface area (TPSA) is 84.9 Å². The molecule has 7 nitrogen and oxygen atoms in total. The summed E-state index contributed by atoms with van der Waals surface area (Å²) in [4.78, 5) is 12.3. The molecule has 0 aliphatic heterocycles. The number of nitrogens with zero attached hydrogens (tertiary/aromatic N) is 1. The fourth-order valence-corrected chi connectivity index (χ4v) is 3.32. The number of hydrogen-bond acceptors (Lipinski definition) is 5. The zero-order valence-electron chi connectivity index (χ0n) is 15.4. The molecule has 0 radical (unpaired) electrons. The van der Waals surface area contributed by atoms with E-state index in [9.17, 15) is 17.6 Å². The maximum absolute atomic E-state index is 13.8. The summed E-state index contributed by atoms with van der Waals surface area (Å²) in [5, 5.41) is 2.56. The lowest BCUT2D eigenvalue weighted by molar-refractivity contribution is 0.102. The van der Waals surface area contributed by atoms with Gasteiger partial charge in [0, 0.05) is 25.3 Å². The molecule has 0 heterocycles. The molecule has 1 N–H and O–H groups in total. The Hall–Kier alpha value is -2.65. The molecular formula is C18H21FN2O5S. The van der Waals surface area contributed by atoms with Gasteiger partial charge in [0.1, 0.15) is 10.6 Å². The van der Waals surface area contributed by atoms with Crippen LogP contribution in [-0.2, 0) is 10.0 Å². The third kappa shape index (κ3) is 4.55. The van der Waals surface area contributed by atoms with Crippen LogP contribution in [0, 0.1) is 5.82 Å². The number of methoxy groups -OCH3 is 1. The normalized spacial score (nSPS) is 11.3. The summed E-state index contributed by atoms with van der Waals surface area (Å²) in [5.74, 6) is -1.06. The molecule has 0 aromatic heterocycles. The van der Waals surface area contributed by atoms with Crippen molar-refractivity contribution in [3.8, 4) is 11.5 Å². The van der Waals surface area contributed by atoms with Crippen molar-refractivity contribution in [3.63, 3.8) is 0 Å². The van der Waals surface area contributed by atoms with Gasteiger partial charge in [-0.25, -0.2) is 17.1 Å². The van der Waals surface area contributed by atoms with Gasteiger partial charge in [-0.15, -0.1) is 0 Å². The number of ether oxygens (including phenoxy) is 2. The van der Waals surface area contributed by atoms with Gasteiger partial charge in [0.05, 0.1) is 13.7 Å². The second-order valence-corrected chi connectivity index (χ2v) is 7.81. The summed E-state index contributed by atoms with van der Waals surface area (Å²) < 4.78 is 50.1. The molecule has 2 aromatic carbocycles. The van der Waals surface area contributed by atoms with Crippen molar-refractivity contribution >= 4 is 21.6 Å². The van der Waals surface area contributed by atoms with E-state index >= 15 is 0 Å². The first kappa shape index (κ1) is 20.7. The van der Waals surface area contributed by atoms with Crippen LogP contribution < -0.4 is 14.8 Å². The largest absolute Gasteiger partial charge is 0.494 e. The molecule has 0 saturated carbocycles. The summed E-state index contributed by atoms with van der Waals surface area (Å²) >= 11 is 0. The number of amides is 1. The summed E-state index contributed by atoms with van der Waals surface area (Å²) in [6.45, 7) is 2.02. The Morgan fingerprint density at radius 3 is 2.37 bits per heavy atom. The first-order valence-electron chi connectivity index (χ1n) is 8.05. The van der Waals surface area contributed by atoms with Crippen LogP contribution in [0.3, 0.4) is 0 Å². The van der Waals surface area contributed by atoms with Gasteiger partial charge in [-0.1, -0.05) is 0 Å². The van der Waals surface area contributed by atoms with E-state index in [1.807, 2.05) is 0 Å². The van der Waals surface area contributed by atoms with Crippen LogP contribution >= 0.6 is 0 Å². The quantitative estimate of drug-likeness (QED) is 0.778. The Labute approximate surface area is 157 Å². The van der Waals surface area contributed by atoms with Crippen molar-refractivity contribution in [2.24, 2.45) is 0 Å². The molecule has 9 heteroatoms. The Kier molecular flexibility index (Phi) is 6.40. The number of hydrogen-bond donors (Lipinski definition) is 1. The van der Waals surface area contributed by atoms with Crippen LogP contribution in [0.2, 0.25) is 0 Å². The average Bonchev–Trinajstić information content (AvgIpc) is 2.62. The molecule has 0 bridgehead atoms. The zero-order valence-corrected chi connectivity index (χ0v) is 16.3. The van der Waals surface area contributed by atoms with Crippen molar-refractivity contribution in [2.75, 3.05) is 33.1 Å². The zero-order chi connectivity index (χ0) is 20.2. The first-order valence-corrected chi connectivity index (χ1v) is 9.49. The monoisotopic (exact) mass is 396 g/mol. The van der Waals surface area contributed by atoms with Crippen LogP contribution in [0.1, 0.15) is 17.3 Å². The third-order valence-electron chi connectivity index (χ3n) is 3.67. The second-order valence-electron chi connectivity index (χ2n) is 5.69. The predicted octanol–water partition coefficient (Wildman–Crippen LogP) is 2.74. The van der Waals surface area contributed by atoms with Gasteiger partial charge in [0.25, 0.3) is 5.91 Å². The molecule has 0 aliphatic rings. The average molecular weight is 396 g/mol. The lowest BCUT2D eigenvalue weighted by atomic mass is 10.2. The number of nitrogens with one attached hydrogen (secondary N) is 1. The predicted molar refractivity (Wildman–Crippen MR) is 99.4 cm³/mol. The van der Waals surface area contributed by atoms with E-state index in [0.717, 1.165) is 10.4 Å². The molecule has 0 unspecified atom stereocenters. The molecule has 2 aromatic rings. The van der Waals surface area contributed by atoms with Crippen LogP contribution in [0.25, 0.3) is 0 Å². The number of carbonyl (C=O) groups excluding carboxylic acids is 1. The van der Waals surface area contributed by atoms with Crippen molar-refractivity contribution in [1.82, 2.24) is 4.31 Å². The van der Waals surface area contributed by atoms with Crippen molar-refractivity contribution < 1.29 is 27.1 Å². The summed E-state index contributed by atoms with van der Waals surface area (Å²) in [5.41, 5.74) is 0.305. The standard InChI is InChI=1S/C18H21FN2O5S/c1-5-26-16-9-7-13(11-17(16)27(23,24)21(2)3)20-18(22)12-6-8-15(25-4)14(19)10-12/h6-11H,5H2,1-4H3,(H,20,22). The van der Waals surface area contributed by atoms with Gasteiger partial charge in [0.2, 0.25) is 10.0 Å². The lowest BCUT2D eigenvalue weighted by Gasteiger charge is -2.16. The Balaban J connectivity index is 2.36. The van der Waals surface area contributed by atoms with Crippen molar-refractivity contribution in [1.29, 1.82) is 0 Å². The van der Waals surface area contributed by atoms with Gasteiger partial charge in [0.15, 0.2) is 11.6 Å². The van der Waals surface area contributed by atoms with Gasteiger partial charge < -0.3 is 14.8 Å². The van der Waals surface area contributed by atoms with E-state index < -0.39 is 21.7 Å². The number of anilines is 1. The Morgan fingerprint density at radius 1 is 1.15 bits per heavy atom. The molecule has 0 spiro atoms. The Bertz CT molecular complexity index is 945. The number of rotatable bonds is 7. The van der Waals surface area contributed by atoms with Crippen LogP contribution in [0.4, 0.5) is 10.1 Å². The number of benzene rings is 2. The molecule has 0 fully saturated rings. The molecule has 27 heavy (non-hydrogen) atoms. The minimum Gasteiger partial charge on any atom is -0.494 e. The molecule has 0 aliphatic carbocycles. The highest BCUT2D eigenvalue weighted by molar-refractivity contribution is 7.89. The third-order valence-corrected chi connectivity index (χ3v) is 5.51. The van der Waals surface area contributed by atoms with Gasteiger partial charge in [-0.2, -0.15) is 0 Å². The molecule has 1 amide bonds. The number of sulfonamides is 1. The summed E-state index contributed by atoms with van der Waals surface area (Å²) in [7, 11) is 0.335. The SMILES string of the molecule is CCOc1ccc(NC(=O)c2ccc(OC)c(F)c2)cc1S(=O)(=O)N(C)C. The van der Waals surface area contributed by atoms with E-state index in [2.05, 4.69) is 5.32 Å². The molecular weight excluding hydrogens is 375 g/mol. The van der Waals surface area contributed by atoms with Crippen LogP contribution in [-0.4, -0.2) is 46.4 Å². The fraction of sp³-hybridized carbons (Fsp3) is 0.278. The lowest BCUT2D eigenvalue weighted by Crippen LogP contribution is -2.23. The van der Waals surface area contributed by atoms with Gasteiger partial charge in [-0.05, 0) is 43.3 Å². The second kappa shape index (κ2) is 8.36. The van der Waals surface area contributed by atoms with E-state index in [0.29, 0.717) is 0 Å². The number of halogens is 1. The van der Waals surface area contributed by atoms with Gasteiger partial charge >= 0.3 is 0 Å². The minimum absolute atomic E-state index is 0.0204. The molecule has 146 valence electrons. The van der Waals surface area contributed by atoms with E-state index in [4.69, 9.17) is 9.47 Å². The maximum Gasteiger partial charge on any atom is 0.255 e. The van der Waals surface area contributed by atoms with Crippen molar-refractivity contribution in [3.05, 3.63) is 47.8 Å². The molecule has 0 atom stereocenters. The van der Waals surface area contributed by atoms with E-state index in [-0.39, 0.29) is 34.3 Å². The fourth-order valence-electron chi connectivity index (χ4n) is 2.27. The Morgan fingerprint density at radius 2 is 1.81 bits per heavy atom. The molecule has 0 saturated heterocycles. The van der Waals surface area contributed by atoms with Crippen LogP contribution in [0.5, 0.6) is 11.5 Å². The minimum atomic E-state index is -3.79. The highest BCUT2D eigenvalue weighted by Crippen LogP contribution is 2.29. The summed E-state index contributed by atoms with van der Waals surface area (Å²) in [6, 6.07) is 8.06. The highest BCUT2D eigenvalue weighted by Gasteiger charge is 2.23. The highest BCUT2D eigenvalue weighted by atomic mass is 32.2. The van der Waals surface area contributed by atoms with Crippen LogP contribution in [0.15, 0.2) is 41.3 Å². The van der Waals surface area contributed by atoms with E-state index in [1.54, 1.807) is 6.92 Å². The van der Waals surface area contributed by atoms with Gasteiger partial charge in [-0.3, -0.25) is 4.79 Å². The number of carbonyl (C=O) groups is 1. The summed E-state index contributed by atoms with van der Waals surface area (Å²) in [6.07, 6.45) is 0. The van der Waals surface area contributed by atoms with Crippen molar-refractivity contribution in [2.45, 2.75) is 11.8 Å². The van der Waals surface area contributed by atoms with E-state index in [1.165, 1.54) is 51.5 Å². The molecule has 2 rings (SSSR count). The maximum atomic E-state index is 13.8. The smallest absolute Gasteiger partial charge is 0.255 e.